The van der Waals surface area contributed by atoms with E-state index in [4.69, 9.17) is 16.0 Å². The maximum Gasteiger partial charge on any atom is 0.196 e. The number of rotatable bonds is 4. The van der Waals surface area contributed by atoms with Crippen molar-refractivity contribution in [2.75, 3.05) is 5.32 Å². The van der Waals surface area contributed by atoms with Gasteiger partial charge in [0.1, 0.15) is 16.5 Å². The predicted molar refractivity (Wildman–Crippen MR) is 125 cm³/mol. The van der Waals surface area contributed by atoms with Crippen molar-refractivity contribution in [2.24, 2.45) is 7.05 Å². The summed E-state index contributed by atoms with van der Waals surface area (Å²) in [5.41, 5.74) is 6.49. The van der Waals surface area contributed by atoms with Gasteiger partial charge in [-0.1, -0.05) is 17.7 Å². The molecule has 0 aliphatic rings. The molecule has 6 nitrogen and oxygen atoms in total. The average molecular weight is 437 g/mol. The summed E-state index contributed by atoms with van der Waals surface area (Å²) in [6.45, 7) is 9.69. The minimum absolute atomic E-state index is 0.0269. The van der Waals surface area contributed by atoms with Crippen LogP contribution in [0.25, 0.3) is 22.3 Å². The number of nitrogens with zero attached hydrogens (tertiary/aromatic N) is 3. The Morgan fingerprint density at radius 2 is 1.90 bits per heavy atom. The summed E-state index contributed by atoms with van der Waals surface area (Å²) < 4.78 is 8.19. The Bertz CT molecular complexity index is 1370. The van der Waals surface area contributed by atoms with Gasteiger partial charge in [-0.3, -0.25) is 9.48 Å². The zero-order chi connectivity index (χ0) is 22.4. The highest BCUT2D eigenvalue weighted by molar-refractivity contribution is 6.29. The highest BCUT2D eigenvalue weighted by atomic mass is 35.5. The van der Waals surface area contributed by atoms with Gasteiger partial charge in [0, 0.05) is 23.9 Å². The van der Waals surface area contributed by atoms with E-state index in [9.17, 15) is 4.79 Å². The molecule has 0 spiro atoms. The van der Waals surface area contributed by atoms with Crippen molar-refractivity contribution < 1.29 is 4.42 Å². The molecular weight excluding hydrogens is 412 g/mol. The SMILES string of the molecule is Cc1cc([C@@H](C)Nc2ccc(Cl)nc2C)c2oc(-c3cnn(C)c3C)c(C)c(=O)c2c1. The molecule has 160 valence electrons. The Balaban J connectivity index is 1.90. The lowest BCUT2D eigenvalue weighted by Crippen LogP contribution is -2.13. The molecule has 0 aliphatic carbocycles. The highest BCUT2D eigenvalue weighted by Crippen LogP contribution is 2.33. The van der Waals surface area contributed by atoms with Crippen LogP contribution in [0, 0.1) is 27.7 Å². The van der Waals surface area contributed by atoms with Gasteiger partial charge >= 0.3 is 0 Å². The molecule has 0 aliphatic heterocycles. The zero-order valence-electron chi connectivity index (χ0n) is 18.5. The Kier molecular flexibility index (Phi) is 5.35. The molecule has 1 N–H and O–H groups in total. The second kappa shape index (κ2) is 7.85. The van der Waals surface area contributed by atoms with E-state index >= 15 is 0 Å². The van der Waals surface area contributed by atoms with E-state index in [-0.39, 0.29) is 11.5 Å². The number of fused-ring (bicyclic) bond motifs is 1. The van der Waals surface area contributed by atoms with Crippen molar-refractivity contribution in [3.05, 3.63) is 73.9 Å². The van der Waals surface area contributed by atoms with Crippen molar-refractivity contribution in [2.45, 2.75) is 40.7 Å². The predicted octanol–water partition coefficient (Wildman–Crippen LogP) is 5.65. The first-order valence-electron chi connectivity index (χ1n) is 10.1. The van der Waals surface area contributed by atoms with E-state index in [1.54, 1.807) is 23.9 Å². The molecule has 1 aromatic carbocycles. The number of aryl methyl sites for hydroxylation is 3. The number of pyridine rings is 1. The average Bonchev–Trinajstić information content (AvgIpc) is 3.05. The van der Waals surface area contributed by atoms with Crippen LogP contribution in [0.15, 0.2) is 39.7 Å². The molecule has 4 aromatic rings. The van der Waals surface area contributed by atoms with Crippen LogP contribution in [0.3, 0.4) is 0 Å². The van der Waals surface area contributed by atoms with Crippen molar-refractivity contribution in [3.63, 3.8) is 0 Å². The molecule has 3 aromatic heterocycles. The standard InChI is InChI=1S/C24H25ClN4O2/c1-12-9-17(14(3)27-20-7-8-21(25)28-15(20)4)24-18(10-12)22(30)13(2)23(31-24)19-11-26-29(6)16(19)5/h7-11,14,27H,1-6H3/t14-/m1/s1. The van der Waals surface area contributed by atoms with Gasteiger partial charge in [-0.2, -0.15) is 5.10 Å². The molecule has 0 bridgehead atoms. The van der Waals surface area contributed by atoms with Crippen LogP contribution in [-0.2, 0) is 7.05 Å². The number of nitrogens with one attached hydrogen (secondary N) is 1. The van der Waals surface area contributed by atoms with E-state index in [1.165, 1.54) is 0 Å². The van der Waals surface area contributed by atoms with E-state index in [2.05, 4.69) is 21.5 Å². The third-order valence-electron chi connectivity index (χ3n) is 5.76. The summed E-state index contributed by atoms with van der Waals surface area (Å²) in [7, 11) is 1.87. The first kappa shape index (κ1) is 21.1. The Morgan fingerprint density at radius 1 is 1.16 bits per heavy atom. The first-order valence-corrected chi connectivity index (χ1v) is 10.5. The van der Waals surface area contributed by atoms with Gasteiger partial charge in [-0.25, -0.2) is 4.98 Å². The van der Waals surface area contributed by atoms with Gasteiger partial charge in [-0.15, -0.1) is 0 Å². The molecular formula is C24H25ClN4O2. The lowest BCUT2D eigenvalue weighted by Gasteiger charge is -2.19. The first-order chi connectivity index (χ1) is 14.7. The molecule has 4 rings (SSSR count). The maximum atomic E-state index is 13.3. The molecule has 31 heavy (non-hydrogen) atoms. The van der Waals surface area contributed by atoms with Gasteiger partial charge in [0.25, 0.3) is 0 Å². The van der Waals surface area contributed by atoms with Crippen molar-refractivity contribution in [1.82, 2.24) is 14.8 Å². The summed E-state index contributed by atoms with van der Waals surface area (Å²) in [4.78, 5) is 17.6. The van der Waals surface area contributed by atoms with E-state index in [1.807, 2.05) is 46.9 Å². The van der Waals surface area contributed by atoms with Crippen molar-refractivity contribution in [3.8, 4) is 11.3 Å². The van der Waals surface area contributed by atoms with Gasteiger partial charge in [-0.05, 0) is 58.4 Å². The van der Waals surface area contributed by atoms with Crippen molar-refractivity contribution >= 4 is 28.3 Å². The lowest BCUT2D eigenvalue weighted by atomic mass is 9.99. The van der Waals surface area contributed by atoms with Gasteiger partial charge in [0.2, 0.25) is 0 Å². The molecule has 0 fully saturated rings. The second-order valence-electron chi connectivity index (χ2n) is 8.02. The zero-order valence-corrected chi connectivity index (χ0v) is 19.3. The van der Waals surface area contributed by atoms with Crippen LogP contribution >= 0.6 is 11.6 Å². The normalized spacial score (nSPS) is 12.4. The molecule has 1 atom stereocenters. The number of benzene rings is 1. The largest absolute Gasteiger partial charge is 0.455 e. The summed E-state index contributed by atoms with van der Waals surface area (Å²) in [5, 5.41) is 8.83. The van der Waals surface area contributed by atoms with Crippen LogP contribution in [0.2, 0.25) is 5.15 Å². The molecule has 7 heteroatoms. The molecule has 3 heterocycles. The van der Waals surface area contributed by atoms with Gasteiger partial charge < -0.3 is 9.73 Å². The van der Waals surface area contributed by atoms with E-state index in [0.717, 1.165) is 33.8 Å². The summed E-state index contributed by atoms with van der Waals surface area (Å²) in [5.74, 6) is 0.560. The summed E-state index contributed by atoms with van der Waals surface area (Å²) in [6.07, 6.45) is 1.74. The Labute approximate surface area is 185 Å². The van der Waals surface area contributed by atoms with E-state index in [0.29, 0.717) is 27.4 Å². The Morgan fingerprint density at radius 3 is 2.55 bits per heavy atom. The van der Waals surface area contributed by atoms with Crippen LogP contribution in [0.5, 0.6) is 0 Å². The number of anilines is 1. The molecule has 0 saturated heterocycles. The fourth-order valence-electron chi connectivity index (χ4n) is 3.86. The van der Waals surface area contributed by atoms with E-state index < -0.39 is 0 Å². The fraction of sp³-hybridized carbons (Fsp3) is 0.292. The van der Waals surface area contributed by atoms with Crippen LogP contribution in [0.1, 0.15) is 41.0 Å². The van der Waals surface area contributed by atoms with Crippen molar-refractivity contribution in [1.29, 1.82) is 0 Å². The summed E-state index contributed by atoms with van der Waals surface area (Å²) >= 11 is 6.00. The number of hydrogen-bond acceptors (Lipinski definition) is 5. The third-order valence-corrected chi connectivity index (χ3v) is 5.97. The van der Waals surface area contributed by atoms with Crippen LogP contribution < -0.4 is 10.7 Å². The van der Waals surface area contributed by atoms with Gasteiger partial charge in [0.05, 0.1) is 34.6 Å². The minimum atomic E-state index is -0.127. The molecule has 0 saturated carbocycles. The molecule has 0 amide bonds. The highest BCUT2D eigenvalue weighted by Gasteiger charge is 2.21. The number of hydrogen-bond donors (Lipinski definition) is 1. The smallest absolute Gasteiger partial charge is 0.196 e. The molecule has 0 radical (unpaired) electrons. The minimum Gasteiger partial charge on any atom is -0.455 e. The monoisotopic (exact) mass is 436 g/mol. The fourth-order valence-corrected chi connectivity index (χ4v) is 4.05. The van der Waals surface area contributed by atoms with Crippen LogP contribution in [0.4, 0.5) is 5.69 Å². The van der Waals surface area contributed by atoms with Crippen LogP contribution in [-0.4, -0.2) is 14.8 Å². The quantitative estimate of drug-likeness (QED) is 0.418. The summed E-state index contributed by atoms with van der Waals surface area (Å²) in [6, 6.07) is 7.47. The number of halogens is 1. The molecule has 0 unspecified atom stereocenters. The number of aromatic nitrogens is 3. The topological polar surface area (TPSA) is 73.0 Å². The lowest BCUT2D eigenvalue weighted by molar-refractivity contribution is 0.604. The maximum absolute atomic E-state index is 13.3. The Hall–Kier alpha value is -3.12. The van der Waals surface area contributed by atoms with Gasteiger partial charge in [0.15, 0.2) is 5.43 Å². The second-order valence-corrected chi connectivity index (χ2v) is 8.40. The third kappa shape index (κ3) is 3.72.